The number of carbonyl (C=O) groups excluding carboxylic acids is 1. The van der Waals surface area contributed by atoms with E-state index in [4.69, 9.17) is 4.98 Å². The predicted octanol–water partition coefficient (Wildman–Crippen LogP) is 4.78. The van der Waals surface area contributed by atoms with Gasteiger partial charge in [-0.3, -0.25) is 4.79 Å². The van der Waals surface area contributed by atoms with Crippen molar-refractivity contribution in [1.29, 1.82) is 0 Å². The lowest BCUT2D eigenvalue weighted by Gasteiger charge is -2.03. The molecule has 0 atom stereocenters. The van der Waals surface area contributed by atoms with Gasteiger partial charge in [-0.2, -0.15) is 0 Å². The average molecular weight is 428 g/mol. The van der Waals surface area contributed by atoms with Gasteiger partial charge in [-0.25, -0.2) is 9.97 Å². The number of carbonyl (C=O) groups is 1. The van der Waals surface area contributed by atoms with Crippen molar-refractivity contribution in [2.75, 3.05) is 0 Å². The van der Waals surface area contributed by atoms with Crippen LogP contribution in [0.5, 0.6) is 0 Å². The molecule has 2 aromatic carbocycles. The molecule has 0 radical (unpaired) electrons. The van der Waals surface area contributed by atoms with E-state index in [1.165, 1.54) is 5.56 Å². The molecule has 2 aliphatic rings. The molecular formula is C18H8Br2N2O. The molecule has 0 saturated carbocycles. The SMILES string of the molecule is O=C1c2cc(Br)ccc2-c2nc3c(nc21)-c1ccc(Br)cc1C3. The number of rotatable bonds is 0. The quantitative estimate of drug-likeness (QED) is 0.357. The summed E-state index contributed by atoms with van der Waals surface area (Å²) < 4.78 is 1.93. The Bertz CT molecular complexity index is 1040. The van der Waals surface area contributed by atoms with Gasteiger partial charge in [-0.15, -0.1) is 0 Å². The number of nitrogens with zero attached hydrogens (tertiary/aromatic N) is 2. The van der Waals surface area contributed by atoms with Crippen LogP contribution in [0.25, 0.3) is 22.5 Å². The molecule has 0 N–H and O–H groups in total. The second-order valence-corrected chi connectivity index (χ2v) is 7.54. The van der Waals surface area contributed by atoms with E-state index < -0.39 is 0 Å². The molecule has 1 heterocycles. The van der Waals surface area contributed by atoms with Gasteiger partial charge in [0.05, 0.1) is 11.4 Å². The Balaban J connectivity index is 1.76. The first-order chi connectivity index (χ1) is 11.1. The molecule has 5 rings (SSSR count). The lowest BCUT2D eigenvalue weighted by Crippen LogP contribution is -2.02. The molecule has 3 nitrogen and oxygen atoms in total. The number of hydrogen-bond acceptors (Lipinski definition) is 3. The summed E-state index contributed by atoms with van der Waals surface area (Å²) in [5.74, 6) is -0.0443. The zero-order valence-electron chi connectivity index (χ0n) is 11.7. The third kappa shape index (κ3) is 1.83. The lowest BCUT2D eigenvalue weighted by atomic mass is 10.1. The van der Waals surface area contributed by atoms with E-state index in [1.54, 1.807) is 0 Å². The predicted molar refractivity (Wildman–Crippen MR) is 94.5 cm³/mol. The fourth-order valence-corrected chi connectivity index (χ4v) is 4.08. The maximum atomic E-state index is 12.7. The highest BCUT2D eigenvalue weighted by atomic mass is 79.9. The fourth-order valence-electron chi connectivity index (χ4n) is 3.31. The van der Waals surface area contributed by atoms with Gasteiger partial charge in [-0.05, 0) is 29.8 Å². The van der Waals surface area contributed by atoms with Crippen LogP contribution in [-0.4, -0.2) is 15.8 Å². The van der Waals surface area contributed by atoms with E-state index in [0.29, 0.717) is 17.0 Å². The minimum absolute atomic E-state index is 0.0443. The molecule has 0 bridgehead atoms. The van der Waals surface area contributed by atoms with Crippen molar-refractivity contribution in [3.05, 3.63) is 67.9 Å². The van der Waals surface area contributed by atoms with Crippen molar-refractivity contribution in [2.24, 2.45) is 0 Å². The third-order valence-corrected chi connectivity index (χ3v) is 5.33. The Morgan fingerprint density at radius 2 is 1.52 bits per heavy atom. The van der Waals surface area contributed by atoms with Gasteiger partial charge in [0.15, 0.2) is 0 Å². The van der Waals surface area contributed by atoms with Gasteiger partial charge >= 0.3 is 0 Å². The highest BCUT2D eigenvalue weighted by Gasteiger charge is 2.33. The highest BCUT2D eigenvalue weighted by molar-refractivity contribution is 9.10. The zero-order chi connectivity index (χ0) is 15.7. The van der Waals surface area contributed by atoms with E-state index in [0.717, 1.165) is 37.9 Å². The first kappa shape index (κ1) is 13.6. The Labute approximate surface area is 149 Å². The number of ketones is 1. The number of hydrogen-bond donors (Lipinski definition) is 0. The molecule has 0 saturated heterocycles. The summed E-state index contributed by atoms with van der Waals surface area (Å²) in [4.78, 5) is 22.1. The molecule has 0 aliphatic heterocycles. The third-order valence-electron chi connectivity index (χ3n) is 4.34. The summed E-state index contributed by atoms with van der Waals surface area (Å²) >= 11 is 6.92. The molecule has 110 valence electrons. The average Bonchev–Trinajstić information content (AvgIpc) is 3.01. The Morgan fingerprint density at radius 1 is 0.783 bits per heavy atom. The largest absolute Gasteiger partial charge is 0.287 e. The number of fused-ring (bicyclic) bond motifs is 6. The molecule has 0 unspecified atom stereocenters. The van der Waals surface area contributed by atoms with Gasteiger partial charge in [0.2, 0.25) is 5.78 Å². The van der Waals surface area contributed by atoms with Crippen LogP contribution >= 0.6 is 31.9 Å². The van der Waals surface area contributed by atoms with Gasteiger partial charge in [0, 0.05) is 32.1 Å². The van der Waals surface area contributed by atoms with Crippen LogP contribution in [-0.2, 0) is 6.42 Å². The fraction of sp³-hybridized carbons (Fsp3) is 0.0556. The van der Waals surface area contributed by atoms with E-state index >= 15 is 0 Å². The van der Waals surface area contributed by atoms with Gasteiger partial charge in [0.25, 0.3) is 0 Å². The summed E-state index contributed by atoms with van der Waals surface area (Å²) in [6.45, 7) is 0. The first-order valence-electron chi connectivity index (χ1n) is 7.16. The molecule has 3 aromatic rings. The molecule has 1 aromatic heterocycles. The second kappa shape index (κ2) is 4.58. The Kier molecular flexibility index (Phi) is 2.71. The number of aromatic nitrogens is 2. The molecule has 5 heteroatoms. The molecule has 23 heavy (non-hydrogen) atoms. The van der Waals surface area contributed by atoms with Crippen molar-refractivity contribution < 1.29 is 4.79 Å². The maximum Gasteiger partial charge on any atom is 0.214 e. The Morgan fingerprint density at radius 3 is 2.35 bits per heavy atom. The summed E-state index contributed by atoms with van der Waals surface area (Å²) in [6, 6.07) is 11.8. The smallest absolute Gasteiger partial charge is 0.214 e. The summed E-state index contributed by atoms with van der Waals surface area (Å²) in [5, 5.41) is 0. The second-order valence-electron chi connectivity index (χ2n) is 5.71. The lowest BCUT2D eigenvalue weighted by molar-refractivity contribution is 0.103. The van der Waals surface area contributed by atoms with Gasteiger partial charge in [0.1, 0.15) is 11.4 Å². The topological polar surface area (TPSA) is 42.9 Å². The van der Waals surface area contributed by atoms with Crippen molar-refractivity contribution >= 4 is 37.6 Å². The normalized spacial score (nSPS) is 13.6. The van der Waals surface area contributed by atoms with E-state index in [-0.39, 0.29) is 5.78 Å². The van der Waals surface area contributed by atoms with Crippen molar-refractivity contribution in [3.63, 3.8) is 0 Å². The van der Waals surface area contributed by atoms with Crippen LogP contribution < -0.4 is 0 Å². The van der Waals surface area contributed by atoms with E-state index in [9.17, 15) is 4.79 Å². The Hall–Kier alpha value is -1.85. The van der Waals surface area contributed by atoms with Gasteiger partial charge in [-0.1, -0.05) is 44.0 Å². The van der Waals surface area contributed by atoms with Crippen LogP contribution in [0, 0.1) is 0 Å². The molecule has 0 spiro atoms. The molecule has 0 amide bonds. The maximum absolute atomic E-state index is 12.7. The summed E-state index contributed by atoms with van der Waals surface area (Å²) in [5.41, 5.74) is 6.78. The van der Waals surface area contributed by atoms with Crippen LogP contribution in [0.15, 0.2) is 45.3 Å². The van der Waals surface area contributed by atoms with Crippen LogP contribution in [0.3, 0.4) is 0 Å². The van der Waals surface area contributed by atoms with Crippen molar-refractivity contribution in [3.8, 4) is 22.5 Å². The monoisotopic (exact) mass is 426 g/mol. The number of halogens is 2. The molecule has 2 aliphatic carbocycles. The van der Waals surface area contributed by atoms with E-state index in [1.807, 2.05) is 30.3 Å². The molecular weight excluding hydrogens is 420 g/mol. The number of benzene rings is 2. The van der Waals surface area contributed by atoms with Crippen molar-refractivity contribution in [2.45, 2.75) is 6.42 Å². The molecule has 0 fully saturated rings. The van der Waals surface area contributed by atoms with Crippen molar-refractivity contribution in [1.82, 2.24) is 9.97 Å². The highest BCUT2D eigenvalue weighted by Crippen LogP contribution is 2.41. The van der Waals surface area contributed by atoms with Crippen LogP contribution in [0.2, 0.25) is 0 Å². The van der Waals surface area contributed by atoms with Gasteiger partial charge < -0.3 is 0 Å². The minimum Gasteiger partial charge on any atom is -0.287 e. The standard InChI is InChI=1S/C18H8Br2N2O/c19-9-1-3-11-8(5-9)6-14-15(11)22-17-16(21-14)12-4-2-10(20)7-13(12)18(17)23/h1-5,7H,6H2. The zero-order valence-corrected chi connectivity index (χ0v) is 14.9. The van der Waals surface area contributed by atoms with Crippen LogP contribution in [0.1, 0.15) is 27.3 Å². The summed E-state index contributed by atoms with van der Waals surface area (Å²) in [7, 11) is 0. The van der Waals surface area contributed by atoms with E-state index in [2.05, 4.69) is 42.9 Å². The first-order valence-corrected chi connectivity index (χ1v) is 8.75. The van der Waals surface area contributed by atoms with Crippen LogP contribution in [0.4, 0.5) is 0 Å². The summed E-state index contributed by atoms with van der Waals surface area (Å²) in [6.07, 6.45) is 0.754. The minimum atomic E-state index is -0.0443.